The molecule has 1 aromatic heterocycles. The average molecular weight is 312 g/mol. The fourth-order valence-electron chi connectivity index (χ4n) is 2.69. The van der Waals surface area contributed by atoms with Gasteiger partial charge in [0, 0.05) is 20.1 Å². The molecule has 0 aliphatic carbocycles. The minimum absolute atomic E-state index is 0.189. The zero-order valence-corrected chi connectivity index (χ0v) is 13.6. The van der Waals surface area contributed by atoms with Gasteiger partial charge in [-0.1, -0.05) is 0 Å². The first-order valence-corrected chi connectivity index (χ1v) is 9.12. The maximum absolute atomic E-state index is 11.9. The van der Waals surface area contributed by atoms with Crippen molar-refractivity contribution in [2.24, 2.45) is 5.92 Å². The molecule has 1 saturated heterocycles. The lowest BCUT2D eigenvalue weighted by atomic mass is 9.95. The summed E-state index contributed by atoms with van der Waals surface area (Å²) in [6.45, 7) is 2.98. The predicted molar refractivity (Wildman–Crippen MR) is 83.7 cm³/mol. The molecule has 0 bridgehead atoms. The molecule has 2 rings (SSSR count). The molecule has 6 nitrogen and oxygen atoms in total. The molecule has 2 heterocycles. The highest BCUT2D eigenvalue weighted by Gasteiger charge is 2.24. The van der Waals surface area contributed by atoms with Gasteiger partial charge < -0.3 is 5.32 Å². The van der Waals surface area contributed by atoms with E-state index in [0.717, 1.165) is 37.2 Å². The first-order valence-electron chi connectivity index (χ1n) is 7.51. The molecule has 0 radical (unpaired) electrons. The molecule has 7 heteroatoms. The third kappa shape index (κ3) is 4.38. The second-order valence-electron chi connectivity index (χ2n) is 5.44. The topological polar surface area (TPSA) is 75.2 Å². The van der Waals surface area contributed by atoms with Crippen molar-refractivity contribution in [3.05, 3.63) is 18.1 Å². The van der Waals surface area contributed by atoms with Gasteiger partial charge in [-0.25, -0.2) is 17.7 Å². The Kier molecular flexibility index (Phi) is 5.52. The molecule has 1 N–H and O–H groups in total. The molecule has 1 atom stereocenters. The number of sulfonamides is 1. The van der Waals surface area contributed by atoms with Crippen molar-refractivity contribution in [3.8, 4) is 0 Å². The highest BCUT2D eigenvalue weighted by Crippen LogP contribution is 2.22. The van der Waals surface area contributed by atoms with E-state index in [4.69, 9.17) is 0 Å². The second-order valence-corrected chi connectivity index (χ2v) is 7.70. The summed E-state index contributed by atoms with van der Waals surface area (Å²) in [4.78, 5) is 8.68. The molecular weight excluding hydrogens is 288 g/mol. The molecule has 0 saturated carbocycles. The van der Waals surface area contributed by atoms with E-state index in [9.17, 15) is 8.42 Å². The van der Waals surface area contributed by atoms with Gasteiger partial charge in [0.2, 0.25) is 10.0 Å². The van der Waals surface area contributed by atoms with Crippen molar-refractivity contribution >= 4 is 15.8 Å². The largest absolute Gasteiger partial charge is 0.372 e. The lowest BCUT2D eigenvalue weighted by molar-refractivity contribution is 0.410. The number of anilines is 1. The van der Waals surface area contributed by atoms with Gasteiger partial charge in [-0.05, 0) is 38.5 Å². The van der Waals surface area contributed by atoms with Gasteiger partial charge in [0.1, 0.15) is 5.82 Å². The lowest BCUT2D eigenvalue weighted by Crippen LogP contribution is -2.33. The van der Waals surface area contributed by atoms with Crippen LogP contribution in [0.5, 0.6) is 0 Å². The van der Waals surface area contributed by atoms with E-state index in [1.54, 1.807) is 23.6 Å². The van der Waals surface area contributed by atoms with Crippen molar-refractivity contribution < 1.29 is 8.42 Å². The van der Waals surface area contributed by atoms with E-state index >= 15 is 0 Å². The van der Waals surface area contributed by atoms with Crippen molar-refractivity contribution in [1.29, 1.82) is 0 Å². The van der Waals surface area contributed by atoms with Crippen LogP contribution in [0, 0.1) is 5.92 Å². The quantitative estimate of drug-likeness (QED) is 0.892. The van der Waals surface area contributed by atoms with Gasteiger partial charge in [0.25, 0.3) is 0 Å². The summed E-state index contributed by atoms with van der Waals surface area (Å²) < 4.78 is 25.5. The summed E-state index contributed by atoms with van der Waals surface area (Å²) in [5, 5.41) is 2.95. The van der Waals surface area contributed by atoms with Crippen LogP contribution in [-0.2, 0) is 16.4 Å². The third-order valence-electron chi connectivity index (χ3n) is 4.02. The molecule has 0 aromatic carbocycles. The van der Waals surface area contributed by atoms with Crippen molar-refractivity contribution in [2.45, 2.75) is 32.6 Å². The molecule has 21 heavy (non-hydrogen) atoms. The van der Waals surface area contributed by atoms with Gasteiger partial charge >= 0.3 is 0 Å². The highest BCUT2D eigenvalue weighted by molar-refractivity contribution is 7.89. The third-order valence-corrected chi connectivity index (χ3v) is 5.91. The summed E-state index contributed by atoms with van der Waals surface area (Å²) in [7, 11) is -1.24. The van der Waals surface area contributed by atoms with Gasteiger partial charge in [-0.2, -0.15) is 0 Å². The molecule has 118 valence electrons. The number of hydrogen-bond acceptors (Lipinski definition) is 5. The Bertz CT molecular complexity index is 545. The van der Waals surface area contributed by atoms with Crippen LogP contribution in [0.3, 0.4) is 0 Å². The minimum atomic E-state index is -3.05. The van der Waals surface area contributed by atoms with Gasteiger partial charge in [0.05, 0.1) is 23.8 Å². The number of aromatic nitrogens is 2. The van der Waals surface area contributed by atoms with Crippen molar-refractivity contribution in [1.82, 2.24) is 14.3 Å². The molecule has 0 unspecified atom stereocenters. The van der Waals surface area contributed by atoms with Gasteiger partial charge in [-0.15, -0.1) is 0 Å². The van der Waals surface area contributed by atoms with Crippen molar-refractivity contribution in [2.75, 3.05) is 31.2 Å². The Morgan fingerprint density at radius 1 is 1.29 bits per heavy atom. The predicted octanol–water partition coefficient (Wildman–Crippen LogP) is 1.51. The van der Waals surface area contributed by atoms with E-state index in [2.05, 4.69) is 15.3 Å². The van der Waals surface area contributed by atoms with Crippen LogP contribution in [-0.4, -0.2) is 48.6 Å². The molecule has 1 fully saturated rings. The number of nitrogens with one attached hydrogen (secondary N) is 1. The van der Waals surface area contributed by atoms with E-state index in [1.807, 2.05) is 7.05 Å². The average Bonchev–Trinajstić information content (AvgIpc) is 2.74. The zero-order chi connectivity index (χ0) is 15.3. The highest BCUT2D eigenvalue weighted by atomic mass is 32.2. The van der Waals surface area contributed by atoms with Crippen LogP contribution in [0.15, 0.2) is 12.4 Å². The molecule has 1 aliphatic heterocycles. The summed E-state index contributed by atoms with van der Waals surface area (Å²) in [6.07, 6.45) is 7.28. The molecule has 0 spiro atoms. The lowest BCUT2D eigenvalue weighted by Gasteiger charge is -2.19. The monoisotopic (exact) mass is 312 g/mol. The summed E-state index contributed by atoms with van der Waals surface area (Å²) in [5.74, 6) is 1.44. The van der Waals surface area contributed by atoms with Crippen LogP contribution in [0.25, 0.3) is 0 Å². The zero-order valence-electron chi connectivity index (χ0n) is 12.7. The Labute approximate surface area is 127 Å². The van der Waals surface area contributed by atoms with Crippen LogP contribution in [0.4, 0.5) is 5.82 Å². The second kappa shape index (κ2) is 7.17. The molecular formula is C14H24N4O2S. The Balaban J connectivity index is 1.93. The smallest absolute Gasteiger partial charge is 0.213 e. The molecule has 0 amide bonds. The van der Waals surface area contributed by atoms with Gasteiger partial charge in [-0.3, -0.25) is 4.98 Å². The first-order chi connectivity index (χ1) is 10.0. The number of nitrogens with zero attached hydrogens (tertiary/aromatic N) is 3. The summed E-state index contributed by atoms with van der Waals surface area (Å²) >= 11 is 0. The van der Waals surface area contributed by atoms with Crippen molar-refractivity contribution in [3.63, 3.8) is 0 Å². The first kappa shape index (κ1) is 16.2. The Hall–Kier alpha value is -1.21. The van der Waals surface area contributed by atoms with Crippen LogP contribution < -0.4 is 5.32 Å². The fraction of sp³-hybridized carbons (Fsp3) is 0.714. The van der Waals surface area contributed by atoms with E-state index in [-0.39, 0.29) is 5.75 Å². The van der Waals surface area contributed by atoms with E-state index in [0.29, 0.717) is 19.0 Å². The number of rotatable bonds is 5. The maximum atomic E-state index is 11.9. The van der Waals surface area contributed by atoms with Crippen LogP contribution in [0.2, 0.25) is 0 Å². The SMILES string of the molecule is CCS(=O)(=O)N1CCC[C@H](Cc2cnc(NC)cn2)CC1. The van der Waals surface area contributed by atoms with E-state index < -0.39 is 10.0 Å². The Morgan fingerprint density at radius 3 is 2.71 bits per heavy atom. The fourth-order valence-corrected chi connectivity index (χ4v) is 3.84. The maximum Gasteiger partial charge on any atom is 0.213 e. The van der Waals surface area contributed by atoms with E-state index in [1.165, 1.54) is 0 Å². The van der Waals surface area contributed by atoms with Crippen LogP contribution in [0.1, 0.15) is 31.9 Å². The summed E-state index contributed by atoms with van der Waals surface area (Å²) in [6, 6.07) is 0. The Morgan fingerprint density at radius 2 is 2.10 bits per heavy atom. The molecule has 1 aliphatic rings. The summed E-state index contributed by atoms with van der Waals surface area (Å²) in [5.41, 5.74) is 0.978. The minimum Gasteiger partial charge on any atom is -0.372 e. The van der Waals surface area contributed by atoms with Crippen LogP contribution >= 0.6 is 0 Å². The normalized spacial score (nSPS) is 21.0. The standard InChI is InChI=1S/C14H24N4O2S/c1-3-21(19,20)18-7-4-5-12(6-8-18)9-13-10-17-14(15-2)11-16-13/h10-12H,3-9H2,1-2H3,(H,15,17)/t12-/m0/s1. The number of hydrogen-bond donors (Lipinski definition) is 1. The van der Waals surface area contributed by atoms with Gasteiger partial charge in [0.15, 0.2) is 0 Å². The molecule has 1 aromatic rings.